The second-order valence-corrected chi connectivity index (χ2v) is 7.65. The standard InChI is InChI=1S/C24H27NO4/c1-2-3-7-22(26)25-19-14-12-17(13-15-19)16-8-10-18(11-9-16)23(27)20-5-4-6-21(20)24(28)29/h8-15,20-21H,2-7H2,1H3,(H,25,26)(H,28,29)/t20-,21-/m1/s1. The van der Waals surface area contributed by atoms with Crippen molar-refractivity contribution >= 4 is 23.3 Å². The summed E-state index contributed by atoms with van der Waals surface area (Å²) in [5.41, 5.74) is 3.28. The number of hydrogen-bond donors (Lipinski definition) is 2. The number of carbonyl (C=O) groups excluding carboxylic acids is 2. The lowest BCUT2D eigenvalue weighted by atomic mass is 9.88. The molecule has 5 heteroatoms. The molecule has 2 N–H and O–H groups in total. The molecule has 3 rings (SSSR count). The van der Waals surface area contributed by atoms with Crippen LogP contribution in [0.15, 0.2) is 48.5 Å². The molecular formula is C24H27NO4. The lowest BCUT2D eigenvalue weighted by Crippen LogP contribution is -2.25. The highest BCUT2D eigenvalue weighted by Crippen LogP contribution is 2.34. The van der Waals surface area contributed by atoms with E-state index in [2.05, 4.69) is 12.2 Å². The normalized spacial score (nSPS) is 18.4. The smallest absolute Gasteiger partial charge is 0.307 e. The molecule has 1 amide bonds. The SMILES string of the molecule is CCCCC(=O)Nc1ccc(-c2ccc(C(=O)[C@@H]3CCC[C@H]3C(=O)O)cc2)cc1. The molecule has 0 spiro atoms. The summed E-state index contributed by atoms with van der Waals surface area (Å²) in [6, 6.07) is 14.9. The minimum absolute atomic E-state index is 0.0223. The van der Waals surface area contributed by atoms with Gasteiger partial charge in [-0.3, -0.25) is 14.4 Å². The molecule has 0 bridgehead atoms. The summed E-state index contributed by atoms with van der Waals surface area (Å²) in [5, 5.41) is 12.2. The van der Waals surface area contributed by atoms with Gasteiger partial charge >= 0.3 is 5.97 Å². The fraction of sp³-hybridized carbons (Fsp3) is 0.375. The third-order valence-corrected chi connectivity index (χ3v) is 5.60. The molecule has 1 fully saturated rings. The second kappa shape index (κ2) is 9.50. The van der Waals surface area contributed by atoms with Gasteiger partial charge in [0.15, 0.2) is 5.78 Å². The van der Waals surface area contributed by atoms with Crippen LogP contribution in [0.4, 0.5) is 5.69 Å². The van der Waals surface area contributed by atoms with Crippen molar-refractivity contribution in [3.63, 3.8) is 0 Å². The van der Waals surface area contributed by atoms with Crippen LogP contribution in [0.1, 0.15) is 55.8 Å². The number of rotatable bonds is 8. The van der Waals surface area contributed by atoms with E-state index in [1.54, 1.807) is 12.1 Å². The van der Waals surface area contributed by atoms with Gasteiger partial charge in [0.1, 0.15) is 0 Å². The molecule has 5 nitrogen and oxygen atoms in total. The number of Topliss-reactive ketones (excluding diaryl/α,β-unsaturated/α-hetero) is 1. The Balaban J connectivity index is 1.66. The largest absolute Gasteiger partial charge is 0.481 e. The number of carbonyl (C=O) groups is 3. The summed E-state index contributed by atoms with van der Waals surface area (Å²) in [5.74, 6) is -1.92. The van der Waals surface area contributed by atoms with E-state index in [1.165, 1.54) is 0 Å². The Morgan fingerprint density at radius 3 is 2.10 bits per heavy atom. The van der Waals surface area contributed by atoms with E-state index in [0.29, 0.717) is 24.8 Å². The molecule has 152 valence electrons. The van der Waals surface area contributed by atoms with Crippen molar-refractivity contribution in [2.45, 2.75) is 45.4 Å². The first-order chi connectivity index (χ1) is 14.0. The van der Waals surface area contributed by atoms with E-state index >= 15 is 0 Å². The molecule has 0 aromatic heterocycles. The van der Waals surface area contributed by atoms with Gasteiger partial charge in [0.25, 0.3) is 0 Å². The first-order valence-electron chi connectivity index (χ1n) is 10.3. The summed E-state index contributed by atoms with van der Waals surface area (Å²) in [6.07, 6.45) is 4.39. The van der Waals surface area contributed by atoms with Gasteiger partial charge < -0.3 is 10.4 Å². The first kappa shape index (κ1) is 20.8. The van der Waals surface area contributed by atoms with Crippen molar-refractivity contribution in [1.82, 2.24) is 0 Å². The Kier molecular flexibility index (Phi) is 6.81. The number of ketones is 1. The number of nitrogens with one attached hydrogen (secondary N) is 1. The van der Waals surface area contributed by atoms with Gasteiger partial charge in [-0.15, -0.1) is 0 Å². The summed E-state index contributed by atoms with van der Waals surface area (Å²) in [4.78, 5) is 35.9. The van der Waals surface area contributed by atoms with E-state index < -0.39 is 17.8 Å². The van der Waals surface area contributed by atoms with Crippen molar-refractivity contribution in [3.8, 4) is 11.1 Å². The number of carboxylic acids is 1. The number of unbranched alkanes of at least 4 members (excludes halogenated alkanes) is 1. The predicted molar refractivity (Wildman–Crippen MR) is 113 cm³/mol. The fourth-order valence-electron chi connectivity index (χ4n) is 3.92. The van der Waals surface area contributed by atoms with Crippen molar-refractivity contribution in [3.05, 3.63) is 54.1 Å². The number of amides is 1. The number of aliphatic carboxylic acids is 1. The number of carboxylic acid groups (broad SMARTS) is 1. The predicted octanol–water partition coefficient (Wildman–Crippen LogP) is 5.17. The lowest BCUT2D eigenvalue weighted by Gasteiger charge is -2.14. The van der Waals surface area contributed by atoms with Crippen molar-refractivity contribution in [2.24, 2.45) is 11.8 Å². The molecular weight excluding hydrogens is 366 g/mol. The van der Waals surface area contributed by atoms with Gasteiger partial charge in [0, 0.05) is 23.6 Å². The monoisotopic (exact) mass is 393 g/mol. The third kappa shape index (κ3) is 5.11. The zero-order valence-electron chi connectivity index (χ0n) is 16.7. The van der Waals surface area contributed by atoms with Crippen LogP contribution < -0.4 is 5.32 Å². The van der Waals surface area contributed by atoms with Crippen molar-refractivity contribution in [2.75, 3.05) is 5.32 Å². The zero-order valence-corrected chi connectivity index (χ0v) is 16.7. The topological polar surface area (TPSA) is 83.5 Å². The van der Waals surface area contributed by atoms with E-state index in [4.69, 9.17) is 0 Å². The quantitative estimate of drug-likeness (QED) is 0.606. The van der Waals surface area contributed by atoms with E-state index in [0.717, 1.165) is 36.1 Å². The molecule has 1 aliphatic carbocycles. The Hall–Kier alpha value is -2.95. The van der Waals surface area contributed by atoms with Crippen LogP contribution in [-0.4, -0.2) is 22.8 Å². The fourth-order valence-corrected chi connectivity index (χ4v) is 3.92. The van der Waals surface area contributed by atoms with E-state index in [9.17, 15) is 19.5 Å². The van der Waals surface area contributed by atoms with Crippen LogP contribution in [0.2, 0.25) is 0 Å². The molecule has 2 aromatic rings. The van der Waals surface area contributed by atoms with Gasteiger partial charge in [-0.1, -0.05) is 56.2 Å². The Morgan fingerprint density at radius 1 is 0.931 bits per heavy atom. The highest BCUT2D eigenvalue weighted by atomic mass is 16.4. The van der Waals surface area contributed by atoms with Crippen LogP contribution in [-0.2, 0) is 9.59 Å². The maximum atomic E-state index is 12.7. The summed E-state index contributed by atoms with van der Waals surface area (Å²) >= 11 is 0. The molecule has 0 aliphatic heterocycles. The van der Waals surface area contributed by atoms with Gasteiger partial charge in [0.2, 0.25) is 5.91 Å². The molecule has 0 heterocycles. The maximum Gasteiger partial charge on any atom is 0.307 e. The van der Waals surface area contributed by atoms with E-state index in [-0.39, 0.29) is 11.7 Å². The molecule has 0 saturated heterocycles. The molecule has 29 heavy (non-hydrogen) atoms. The van der Waals surface area contributed by atoms with Gasteiger partial charge in [-0.2, -0.15) is 0 Å². The lowest BCUT2D eigenvalue weighted by molar-refractivity contribution is -0.142. The van der Waals surface area contributed by atoms with Crippen LogP contribution in [0.3, 0.4) is 0 Å². The van der Waals surface area contributed by atoms with Crippen LogP contribution in [0.5, 0.6) is 0 Å². The zero-order chi connectivity index (χ0) is 20.8. The van der Waals surface area contributed by atoms with E-state index in [1.807, 2.05) is 36.4 Å². The second-order valence-electron chi connectivity index (χ2n) is 7.65. The maximum absolute atomic E-state index is 12.7. The number of hydrogen-bond acceptors (Lipinski definition) is 3. The highest BCUT2D eigenvalue weighted by molar-refractivity contribution is 6.00. The average molecular weight is 393 g/mol. The highest BCUT2D eigenvalue weighted by Gasteiger charge is 2.37. The summed E-state index contributed by atoms with van der Waals surface area (Å²) in [6.45, 7) is 2.05. The Bertz CT molecular complexity index is 871. The van der Waals surface area contributed by atoms with Crippen molar-refractivity contribution in [1.29, 1.82) is 0 Å². The Labute approximate surface area is 171 Å². The third-order valence-electron chi connectivity index (χ3n) is 5.60. The molecule has 0 radical (unpaired) electrons. The minimum atomic E-state index is -0.876. The van der Waals surface area contributed by atoms with Gasteiger partial charge in [-0.05, 0) is 42.5 Å². The molecule has 0 unspecified atom stereocenters. The molecule has 1 saturated carbocycles. The van der Waals surface area contributed by atoms with Crippen LogP contribution >= 0.6 is 0 Å². The first-order valence-corrected chi connectivity index (χ1v) is 10.3. The summed E-state index contributed by atoms with van der Waals surface area (Å²) in [7, 11) is 0. The van der Waals surface area contributed by atoms with Crippen molar-refractivity contribution < 1.29 is 19.5 Å². The molecule has 2 atom stereocenters. The van der Waals surface area contributed by atoms with Crippen LogP contribution in [0, 0.1) is 11.8 Å². The van der Waals surface area contributed by atoms with Gasteiger partial charge in [0.05, 0.1) is 5.92 Å². The summed E-state index contributed by atoms with van der Waals surface area (Å²) < 4.78 is 0. The molecule has 2 aromatic carbocycles. The number of benzene rings is 2. The van der Waals surface area contributed by atoms with Crippen LogP contribution in [0.25, 0.3) is 11.1 Å². The average Bonchev–Trinajstić information content (AvgIpc) is 3.23. The molecule has 1 aliphatic rings. The Morgan fingerprint density at radius 2 is 1.52 bits per heavy atom. The van der Waals surface area contributed by atoms with Gasteiger partial charge in [-0.25, -0.2) is 0 Å². The minimum Gasteiger partial charge on any atom is -0.481 e. The number of anilines is 1.